The quantitative estimate of drug-likeness (QED) is 0.668. The van der Waals surface area contributed by atoms with Crippen LogP contribution < -0.4 is 5.73 Å². The molecule has 182 valence electrons. The Labute approximate surface area is 193 Å². The number of primary amides is 1. The fourth-order valence-electron chi connectivity index (χ4n) is 7.21. The third-order valence-electron chi connectivity index (χ3n) is 8.86. The maximum absolute atomic E-state index is 13.0. The van der Waals surface area contributed by atoms with Crippen molar-refractivity contribution < 1.29 is 14.3 Å². The molecular weight excluding hydrogens is 406 g/mol. The molecule has 8 heteroatoms. The van der Waals surface area contributed by atoms with Gasteiger partial charge >= 0.3 is 6.03 Å². The summed E-state index contributed by atoms with van der Waals surface area (Å²) in [7, 11) is 1.61. The first kappa shape index (κ1) is 23.8. The van der Waals surface area contributed by atoms with Crippen molar-refractivity contribution in [3.8, 4) is 0 Å². The second-order valence-electron chi connectivity index (χ2n) is 11.2. The van der Waals surface area contributed by atoms with E-state index in [9.17, 15) is 9.59 Å². The molecule has 4 unspecified atom stereocenters. The van der Waals surface area contributed by atoms with Gasteiger partial charge in [0, 0.05) is 58.5 Å². The molecule has 4 rings (SSSR count). The fourth-order valence-corrected chi connectivity index (χ4v) is 7.21. The lowest BCUT2D eigenvalue weighted by molar-refractivity contribution is -0.139. The van der Waals surface area contributed by atoms with Gasteiger partial charge in [-0.1, -0.05) is 0 Å². The molecule has 32 heavy (non-hydrogen) atoms. The molecule has 4 atom stereocenters. The highest BCUT2D eigenvalue weighted by Gasteiger charge is 2.53. The summed E-state index contributed by atoms with van der Waals surface area (Å²) in [5.74, 6) is 0.640. The number of hydrogen-bond acceptors (Lipinski definition) is 5. The van der Waals surface area contributed by atoms with Crippen molar-refractivity contribution in [2.45, 2.75) is 82.5 Å². The van der Waals surface area contributed by atoms with Crippen molar-refractivity contribution in [3.05, 3.63) is 0 Å². The lowest BCUT2D eigenvalue weighted by Crippen LogP contribution is -2.51. The van der Waals surface area contributed by atoms with E-state index >= 15 is 0 Å². The van der Waals surface area contributed by atoms with Crippen molar-refractivity contribution in [2.24, 2.45) is 11.7 Å². The van der Waals surface area contributed by atoms with Crippen LogP contribution in [0.15, 0.2) is 0 Å². The molecule has 4 aliphatic rings. The number of methoxy groups -OCH3 is 1. The van der Waals surface area contributed by atoms with Gasteiger partial charge in [-0.3, -0.25) is 14.6 Å². The van der Waals surface area contributed by atoms with Crippen LogP contribution in [0.1, 0.15) is 59.3 Å². The zero-order chi connectivity index (χ0) is 23.1. The summed E-state index contributed by atoms with van der Waals surface area (Å²) in [6, 6.07) is 0.678. The summed E-state index contributed by atoms with van der Waals surface area (Å²) in [6.07, 6.45) is 6.38. The summed E-state index contributed by atoms with van der Waals surface area (Å²) in [5.41, 5.74) is 5.60. The van der Waals surface area contributed by atoms with Gasteiger partial charge < -0.3 is 20.3 Å². The van der Waals surface area contributed by atoms with E-state index in [-0.39, 0.29) is 29.6 Å². The Bertz CT molecular complexity index is 718. The van der Waals surface area contributed by atoms with Crippen LogP contribution in [0.25, 0.3) is 0 Å². The predicted molar refractivity (Wildman–Crippen MR) is 124 cm³/mol. The summed E-state index contributed by atoms with van der Waals surface area (Å²) >= 11 is 0. The maximum atomic E-state index is 13.0. The third-order valence-corrected chi connectivity index (χ3v) is 8.86. The highest BCUT2D eigenvalue weighted by atomic mass is 16.5. The highest BCUT2D eigenvalue weighted by Crippen LogP contribution is 2.44. The van der Waals surface area contributed by atoms with Crippen LogP contribution in [0.5, 0.6) is 0 Å². The third kappa shape index (κ3) is 4.26. The smallest absolute Gasteiger partial charge is 0.315 e. The van der Waals surface area contributed by atoms with Crippen LogP contribution >= 0.6 is 0 Å². The van der Waals surface area contributed by atoms with Gasteiger partial charge in [0.2, 0.25) is 5.91 Å². The molecule has 4 fully saturated rings. The summed E-state index contributed by atoms with van der Waals surface area (Å²) in [5, 5.41) is 0. The second-order valence-corrected chi connectivity index (χ2v) is 11.2. The van der Waals surface area contributed by atoms with Crippen LogP contribution in [0.4, 0.5) is 4.79 Å². The molecule has 4 aliphatic heterocycles. The van der Waals surface area contributed by atoms with Crippen molar-refractivity contribution in [1.29, 1.82) is 0 Å². The molecule has 4 heterocycles. The predicted octanol–water partition coefficient (Wildman–Crippen LogP) is 1.73. The SMILES string of the molecule is COCC(=O)N1CC(CC(C)N2CCC3(CCCN3C(N)=O)C2)CC12CCN(C(C)C)C2. The Morgan fingerprint density at radius 2 is 1.69 bits per heavy atom. The van der Waals surface area contributed by atoms with Crippen LogP contribution in [0.2, 0.25) is 0 Å². The minimum absolute atomic E-state index is 0.0370. The molecule has 0 aliphatic carbocycles. The number of urea groups is 1. The van der Waals surface area contributed by atoms with Crippen molar-refractivity contribution in [1.82, 2.24) is 19.6 Å². The first-order valence-corrected chi connectivity index (χ1v) is 12.5. The number of rotatable bonds is 6. The van der Waals surface area contributed by atoms with E-state index in [0.717, 1.165) is 77.8 Å². The van der Waals surface area contributed by atoms with Crippen LogP contribution in [0.3, 0.4) is 0 Å². The minimum Gasteiger partial charge on any atom is -0.375 e. The largest absolute Gasteiger partial charge is 0.375 e. The summed E-state index contributed by atoms with van der Waals surface area (Å²) in [4.78, 5) is 34.1. The number of ether oxygens (including phenoxy) is 1. The van der Waals surface area contributed by atoms with E-state index in [1.807, 2.05) is 4.90 Å². The molecule has 0 bridgehead atoms. The molecule has 2 spiro atoms. The zero-order valence-electron chi connectivity index (χ0n) is 20.5. The first-order valence-electron chi connectivity index (χ1n) is 12.5. The Morgan fingerprint density at radius 1 is 1.00 bits per heavy atom. The van der Waals surface area contributed by atoms with Gasteiger partial charge in [0.25, 0.3) is 0 Å². The first-order chi connectivity index (χ1) is 15.2. The molecule has 0 aromatic heterocycles. The fraction of sp³-hybridized carbons (Fsp3) is 0.917. The molecule has 3 amide bonds. The number of hydrogen-bond donors (Lipinski definition) is 1. The average molecular weight is 450 g/mol. The average Bonchev–Trinajstić information content (AvgIpc) is 3.50. The van der Waals surface area contributed by atoms with E-state index in [2.05, 4.69) is 35.5 Å². The van der Waals surface area contributed by atoms with Crippen LogP contribution in [0, 0.1) is 5.92 Å². The van der Waals surface area contributed by atoms with Crippen LogP contribution in [-0.2, 0) is 9.53 Å². The van der Waals surface area contributed by atoms with E-state index < -0.39 is 0 Å². The molecule has 0 saturated carbocycles. The van der Waals surface area contributed by atoms with Gasteiger partial charge in [-0.25, -0.2) is 4.79 Å². The van der Waals surface area contributed by atoms with Crippen molar-refractivity contribution in [2.75, 3.05) is 53.0 Å². The van der Waals surface area contributed by atoms with Gasteiger partial charge in [0.1, 0.15) is 6.61 Å². The molecular formula is C24H43N5O3. The Hall–Kier alpha value is -1.38. The molecule has 8 nitrogen and oxygen atoms in total. The molecule has 2 N–H and O–H groups in total. The molecule has 4 saturated heterocycles. The normalized spacial score (nSPS) is 34.6. The monoisotopic (exact) mass is 449 g/mol. The van der Waals surface area contributed by atoms with Crippen molar-refractivity contribution >= 4 is 11.9 Å². The lowest BCUT2D eigenvalue weighted by Gasteiger charge is -2.35. The molecule has 0 aromatic rings. The van der Waals surface area contributed by atoms with Gasteiger partial charge in [-0.05, 0) is 65.2 Å². The van der Waals surface area contributed by atoms with Crippen molar-refractivity contribution in [3.63, 3.8) is 0 Å². The topological polar surface area (TPSA) is 82.4 Å². The minimum atomic E-state index is -0.266. The van der Waals surface area contributed by atoms with Gasteiger partial charge in [0.15, 0.2) is 0 Å². The number of carbonyl (C=O) groups is 2. The lowest BCUT2D eigenvalue weighted by atomic mass is 9.88. The second kappa shape index (κ2) is 9.11. The Kier molecular flexibility index (Phi) is 6.76. The van der Waals surface area contributed by atoms with Gasteiger partial charge in [-0.15, -0.1) is 0 Å². The molecule has 0 aromatic carbocycles. The van der Waals surface area contributed by atoms with E-state index in [4.69, 9.17) is 10.5 Å². The number of nitrogens with two attached hydrogens (primary N) is 1. The number of nitrogens with zero attached hydrogens (tertiary/aromatic N) is 4. The van der Waals surface area contributed by atoms with E-state index in [0.29, 0.717) is 18.0 Å². The molecule has 0 radical (unpaired) electrons. The standard InChI is InChI=1S/C24H43N5O3/c1-18(2)26-10-8-24(17-26)13-20(14-29(24)21(30)15-32-4)12-19(3)27-11-7-23(16-27)6-5-9-28(23)22(25)31/h18-20H,5-17H2,1-4H3,(H2,25,31). The number of carbonyl (C=O) groups excluding carboxylic acids is 2. The van der Waals surface area contributed by atoms with Gasteiger partial charge in [-0.2, -0.15) is 0 Å². The summed E-state index contributed by atoms with van der Waals surface area (Å²) < 4.78 is 5.22. The number of likely N-dealkylation sites (tertiary alicyclic amines) is 4. The van der Waals surface area contributed by atoms with E-state index in [1.54, 1.807) is 7.11 Å². The maximum Gasteiger partial charge on any atom is 0.315 e. The Balaban J connectivity index is 1.41. The highest BCUT2D eigenvalue weighted by molar-refractivity contribution is 5.79. The van der Waals surface area contributed by atoms with E-state index in [1.165, 1.54) is 0 Å². The zero-order valence-corrected chi connectivity index (χ0v) is 20.5. The van der Waals surface area contributed by atoms with Gasteiger partial charge in [0.05, 0.1) is 11.1 Å². The Morgan fingerprint density at radius 3 is 2.34 bits per heavy atom. The number of amides is 3. The van der Waals surface area contributed by atoms with Crippen LogP contribution in [-0.4, -0.2) is 108 Å². The summed E-state index contributed by atoms with van der Waals surface area (Å²) in [6.45, 7) is 12.6.